The predicted octanol–water partition coefficient (Wildman–Crippen LogP) is 1.14. The van der Waals surface area contributed by atoms with E-state index in [1.165, 1.54) is 6.92 Å². The number of carbonyl (C=O) groups excluding carboxylic acids is 2. The Balaban J connectivity index is 2.76. The Labute approximate surface area is 119 Å². The molecule has 0 saturated carbocycles. The van der Waals surface area contributed by atoms with Crippen molar-refractivity contribution < 1.29 is 14.7 Å². The van der Waals surface area contributed by atoms with Crippen LogP contribution in [0.4, 0.5) is 0 Å². The Morgan fingerprint density at radius 1 is 1.25 bits per heavy atom. The highest BCUT2D eigenvalue weighted by atomic mass is 16.3. The lowest BCUT2D eigenvalue weighted by atomic mass is 10.0. The van der Waals surface area contributed by atoms with Crippen LogP contribution in [-0.2, 0) is 9.59 Å². The van der Waals surface area contributed by atoms with Crippen molar-refractivity contribution in [1.82, 2.24) is 10.6 Å². The molecule has 20 heavy (non-hydrogen) atoms. The van der Waals surface area contributed by atoms with E-state index >= 15 is 0 Å². The number of nitrogens with one attached hydrogen (secondary N) is 2. The molecule has 5 nitrogen and oxygen atoms in total. The van der Waals surface area contributed by atoms with E-state index in [9.17, 15) is 9.59 Å². The molecular formula is C15H22N2O3. The van der Waals surface area contributed by atoms with Crippen molar-refractivity contribution >= 4 is 11.8 Å². The summed E-state index contributed by atoms with van der Waals surface area (Å²) in [6, 6.07) is 8.96. The number of hydrogen-bond acceptors (Lipinski definition) is 3. The Bertz CT molecular complexity index is 457. The van der Waals surface area contributed by atoms with Gasteiger partial charge in [0.2, 0.25) is 11.8 Å². The zero-order valence-corrected chi connectivity index (χ0v) is 12.1. The van der Waals surface area contributed by atoms with Gasteiger partial charge in [-0.1, -0.05) is 30.3 Å². The van der Waals surface area contributed by atoms with Crippen LogP contribution >= 0.6 is 0 Å². The van der Waals surface area contributed by atoms with Crippen LogP contribution in [0.5, 0.6) is 0 Å². The summed E-state index contributed by atoms with van der Waals surface area (Å²) in [5.41, 5.74) is 0.203. The van der Waals surface area contributed by atoms with Crippen LogP contribution in [0.15, 0.2) is 30.3 Å². The van der Waals surface area contributed by atoms with Crippen molar-refractivity contribution in [2.75, 3.05) is 6.61 Å². The zero-order valence-electron chi connectivity index (χ0n) is 12.1. The van der Waals surface area contributed by atoms with Crippen LogP contribution < -0.4 is 10.6 Å². The summed E-state index contributed by atoms with van der Waals surface area (Å²) >= 11 is 0. The third kappa shape index (κ3) is 5.40. The maximum atomic E-state index is 12.0. The van der Waals surface area contributed by atoms with E-state index < -0.39 is 5.54 Å². The van der Waals surface area contributed by atoms with E-state index in [0.29, 0.717) is 0 Å². The second-order valence-electron chi connectivity index (χ2n) is 5.46. The third-order valence-corrected chi connectivity index (χ3v) is 2.84. The summed E-state index contributed by atoms with van der Waals surface area (Å²) in [5.74, 6) is -0.403. The minimum absolute atomic E-state index is 0.132. The fourth-order valence-corrected chi connectivity index (χ4v) is 1.84. The van der Waals surface area contributed by atoms with Crippen LogP contribution in [0.1, 0.15) is 38.8 Å². The van der Waals surface area contributed by atoms with Crippen LogP contribution in [0.2, 0.25) is 0 Å². The minimum Gasteiger partial charge on any atom is -0.394 e. The van der Waals surface area contributed by atoms with E-state index in [1.807, 2.05) is 30.3 Å². The van der Waals surface area contributed by atoms with Gasteiger partial charge in [-0.3, -0.25) is 9.59 Å². The molecule has 0 bridgehead atoms. The molecule has 110 valence electrons. The molecule has 1 rings (SSSR count). The zero-order chi connectivity index (χ0) is 15.2. The molecule has 2 amide bonds. The number of hydrogen-bond donors (Lipinski definition) is 3. The van der Waals surface area contributed by atoms with Gasteiger partial charge in [-0.25, -0.2) is 0 Å². The maximum Gasteiger partial charge on any atom is 0.222 e. The average Bonchev–Trinajstić information content (AvgIpc) is 2.38. The van der Waals surface area contributed by atoms with Gasteiger partial charge in [-0.2, -0.15) is 0 Å². The average molecular weight is 278 g/mol. The van der Waals surface area contributed by atoms with Crippen molar-refractivity contribution in [2.24, 2.45) is 0 Å². The van der Waals surface area contributed by atoms with Gasteiger partial charge >= 0.3 is 0 Å². The van der Waals surface area contributed by atoms with E-state index in [0.717, 1.165) is 5.56 Å². The molecule has 0 spiro atoms. The number of carbonyl (C=O) groups is 2. The molecule has 0 saturated heterocycles. The normalized spacial score (nSPS) is 12.6. The number of aliphatic hydroxyl groups is 1. The SMILES string of the molecule is CC(=O)NC(CC(=O)NC(C)(C)CO)c1ccccc1. The van der Waals surface area contributed by atoms with Crippen molar-refractivity contribution in [3.8, 4) is 0 Å². The lowest BCUT2D eigenvalue weighted by Crippen LogP contribution is -2.47. The molecule has 0 aliphatic carbocycles. The van der Waals surface area contributed by atoms with Gasteiger partial charge in [0, 0.05) is 6.92 Å². The third-order valence-electron chi connectivity index (χ3n) is 2.84. The number of benzene rings is 1. The Kier molecular flexibility index (Phi) is 5.70. The lowest BCUT2D eigenvalue weighted by Gasteiger charge is -2.25. The van der Waals surface area contributed by atoms with Gasteiger partial charge in [0.25, 0.3) is 0 Å². The van der Waals surface area contributed by atoms with Gasteiger partial charge in [0.15, 0.2) is 0 Å². The Hall–Kier alpha value is -1.88. The molecule has 0 fully saturated rings. The highest BCUT2D eigenvalue weighted by Crippen LogP contribution is 2.17. The number of aliphatic hydroxyl groups excluding tert-OH is 1. The summed E-state index contributed by atoms with van der Waals surface area (Å²) in [5, 5.41) is 14.7. The van der Waals surface area contributed by atoms with Gasteiger partial charge in [0.1, 0.15) is 0 Å². The molecule has 1 unspecified atom stereocenters. The van der Waals surface area contributed by atoms with Gasteiger partial charge in [0.05, 0.1) is 24.6 Å². The van der Waals surface area contributed by atoms with Crippen LogP contribution in [0.3, 0.4) is 0 Å². The molecular weight excluding hydrogens is 256 g/mol. The van der Waals surface area contributed by atoms with E-state index in [4.69, 9.17) is 5.11 Å². The van der Waals surface area contributed by atoms with Crippen molar-refractivity contribution in [3.05, 3.63) is 35.9 Å². The highest BCUT2D eigenvalue weighted by Gasteiger charge is 2.22. The number of amides is 2. The van der Waals surface area contributed by atoms with Crippen LogP contribution in [-0.4, -0.2) is 29.1 Å². The summed E-state index contributed by atoms with van der Waals surface area (Å²) in [6.45, 7) is 4.75. The monoisotopic (exact) mass is 278 g/mol. The van der Waals surface area contributed by atoms with Crippen molar-refractivity contribution in [3.63, 3.8) is 0 Å². The summed E-state index contributed by atoms with van der Waals surface area (Å²) in [7, 11) is 0. The van der Waals surface area contributed by atoms with E-state index in [1.54, 1.807) is 13.8 Å². The second-order valence-corrected chi connectivity index (χ2v) is 5.46. The first-order valence-corrected chi connectivity index (χ1v) is 6.58. The minimum atomic E-state index is -0.672. The van der Waals surface area contributed by atoms with Gasteiger partial charge < -0.3 is 15.7 Å². The van der Waals surface area contributed by atoms with Gasteiger partial charge in [-0.05, 0) is 19.4 Å². The first kappa shape index (κ1) is 16.2. The molecule has 0 heterocycles. The van der Waals surface area contributed by atoms with E-state index in [-0.39, 0.29) is 30.9 Å². The largest absolute Gasteiger partial charge is 0.394 e. The quantitative estimate of drug-likeness (QED) is 0.730. The molecule has 1 aromatic carbocycles. The molecule has 0 aromatic heterocycles. The molecule has 0 aliphatic heterocycles. The van der Waals surface area contributed by atoms with Gasteiger partial charge in [-0.15, -0.1) is 0 Å². The molecule has 0 aliphatic rings. The molecule has 0 radical (unpaired) electrons. The first-order valence-electron chi connectivity index (χ1n) is 6.58. The lowest BCUT2D eigenvalue weighted by molar-refractivity contribution is -0.124. The van der Waals surface area contributed by atoms with Crippen molar-refractivity contribution in [1.29, 1.82) is 0 Å². The van der Waals surface area contributed by atoms with Crippen LogP contribution in [0.25, 0.3) is 0 Å². The molecule has 3 N–H and O–H groups in total. The second kappa shape index (κ2) is 7.05. The molecule has 1 atom stereocenters. The fraction of sp³-hybridized carbons (Fsp3) is 0.467. The standard InChI is InChI=1S/C15H22N2O3/c1-11(19)16-13(12-7-5-4-6-8-12)9-14(20)17-15(2,3)10-18/h4-8,13,18H,9-10H2,1-3H3,(H,16,19)(H,17,20). The maximum absolute atomic E-state index is 12.0. The summed E-state index contributed by atoms with van der Waals surface area (Å²) in [4.78, 5) is 23.3. The highest BCUT2D eigenvalue weighted by molar-refractivity contribution is 5.79. The number of rotatable bonds is 6. The molecule has 5 heteroatoms. The summed E-state index contributed by atoms with van der Waals surface area (Å²) < 4.78 is 0. The Morgan fingerprint density at radius 2 is 1.85 bits per heavy atom. The smallest absolute Gasteiger partial charge is 0.222 e. The van der Waals surface area contributed by atoms with E-state index in [2.05, 4.69) is 10.6 Å². The first-order chi connectivity index (χ1) is 9.34. The Morgan fingerprint density at radius 3 is 2.35 bits per heavy atom. The predicted molar refractivity (Wildman–Crippen MR) is 76.9 cm³/mol. The topological polar surface area (TPSA) is 78.4 Å². The van der Waals surface area contributed by atoms with Crippen molar-refractivity contribution in [2.45, 2.75) is 38.8 Å². The summed E-state index contributed by atoms with van der Waals surface area (Å²) in [6.07, 6.45) is 0.132. The molecule has 1 aromatic rings. The van der Waals surface area contributed by atoms with Crippen LogP contribution in [0, 0.1) is 0 Å². The fourth-order valence-electron chi connectivity index (χ4n) is 1.84.